The first-order valence-corrected chi connectivity index (χ1v) is 9.49. The summed E-state index contributed by atoms with van der Waals surface area (Å²) in [7, 11) is 1.34. The van der Waals surface area contributed by atoms with Crippen LogP contribution in [-0.2, 0) is 22.4 Å². The van der Waals surface area contributed by atoms with Crippen LogP contribution in [0.3, 0.4) is 0 Å². The fourth-order valence-corrected chi connectivity index (χ4v) is 3.45. The number of carbonyl (C=O) groups is 2. The van der Waals surface area contributed by atoms with E-state index in [4.69, 9.17) is 5.10 Å². The zero-order valence-corrected chi connectivity index (χ0v) is 16.1. The molecule has 3 aromatic rings. The molecule has 1 aliphatic rings. The summed E-state index contributed by atoms with van der Waals surface area (Å²) < 4.78 is 6.49. The molecule has 0 spiro atoms. The number of para-hydroxylation sites is 1. The van der Waals surface area contributed by atoms with Gasteiger partial charge in [-0.2, -0.15) is 5.10 Å². The van der Waals surface area contributed by atoms with Crippen molar-refractivity contribution in [1.29, 1.82) is 0 Å². The normalized spacial score (nSPS) is 12.7. The maximum absolute atomic E-state index is 12.6. The summed E-state index contributed by atoms with van der Waals surface area (Å²) in [6.45, 7) is 0. The van der Waals surface area contributed by atoms with E-state index < -0.39 is 0 Å². The van der Waals surface area contributed by atoms with Crippen molar-refractivity contribution in [3.8, 4) is 5.69 Å². The lowest BCUT2D eigenvalue weighted by Gasteiger charge is -2.09. The van der Waals surface area contributed by atoms with Crippen LogP contribution in [0, 0.1) is 0 Å². The number of esters is 1. The van der Waals surface area contributed by atoms with E-state index in [1.165, 1.54) is 13.2 Å². The smallest absolute Gasteiger partial charge is 0.337 e. The summed E-state index contributed by atoms with van der Waals surface area (Å²) in [5.41, 5.74) is 4.36. The molecule has 0 radical (unpaired) electrons. The van der Waals surface area contributed by atoms with Crippen molar-refractivity contribution in [2.24, 2.45) is 0 Å². The highest BCUT2D eigenvalue weighted by Crippen LogP contribution is 2.30. The van der Waals surface area contributed by atoms with Gasteiger partial charge >= 0.3 is 5.97 Å². The average molecular weight is 387 g/mol. The minimum Gasteiger partial charge on any atom is -0.465 e. The molecule has 6 heteroatoms. The molecule has 4 rings (SSSR count). The van der Waals surface area contributed by atoms with Crippen LogP contribution in [0.1, 0.15) is 33.6 Å². The van der Waals surface area contributed by atoms with Gasteiger partial charge in [-0.25, -0.2) is 9.48 Å². The van der Waals surface area contributed by atoms with Gasteiger partial charge in [0, 0.05) is 11.6 Å². The van der Waals surface area contributed by atoms with Crippen LogP contribution in [-0.4, -0.2) is 28.8 Å². The predicted molar refractivity (Wildman–Crippen MR) is 111 cm³/mol. The molecule has 1 aliphatic carbocycles. The Balaban J connectivity index is 1.53. The van der Waals surface area contributed by atoms with Crippen molar-refractivity contribution in [2.75, 3.05) is 12.4 Å². The van der Waals surface area contributed by atoms with E-state index in [1.807, 2.05) is 30.3 Å². The van der Waals surface area contributed by atoms with Crippen LogP contribution >= 0.6 is 0 Å². The number of hydrogen-bond acceptors (Lipinski definition) is 4. The summed E-state index contributed by atoms with van der Waals surface area (Å²) in [5, 5.41) is 7.70. The lowest BCUT2D eigenvalue weighted by Crippen LogP contribution is -2.13. The van der Waals surface area contributed by atoms with Crippen LogP contribution in [0.5, 0.6) is 0 Å². The van der Waals surface area contributed by atoms with E-state index in [9.17, 15) is 9.59 Å². The highest BCUT2D eigenvalue weighted by Gasteiger charge is 2.23. The Hall–Kier alpha value is -3.67. The summed E-state index contributed by atoms with van der Waals surface area (Å²) in [6.07, 6.45) is 6.09. The molecule has 1 aromatic heterocycles. The Labute approximate surface area is 168 Å². The maximum Gasteiger partial charge on any atom is 0.337 e. The fourth-order valence-electron chi connectivity index (χ4n) is 3.45. The molecule has 0 saturated heterocycles. The number of benzene rings is 2. The summed E-state index contributed by atoms with van der Waals surface area (Å²) in [5.74, 6) is 0.120. The Bertz CT molecular complexity index is 1070. The van der Waals surface area contributed by atoms with E-state index in [-0.39, 0.29) is 11.9 Å². The quantitative estimate of drug-likeness (QED) is 0.534. The Morgan fingerprint density at radius 1 is 1.07 bits per heavy atom. The first kappa shape index (κ1) is 18.7. The number of amides is 1. The van der Waals surface area contributed by atoms with Crippen molar-refractivity contribution in [2.45, 2.75) is 19.3 Å². The van der Waals surface area contributed by atoms with Crippen LogP contribution < -0.4 is 5.32 Å². The Morgan fingerprint density at radius 3 is 2.55 bits per heavy atom. The van der Waals surface area contributed by atoms with Crippen molar-refractivity contribution in [3.05, 3.63) is 83.1 Å². The van der Waals surface area contributed by atoms with Crippen molar-refractivity contribution < 1.29 is 14.3 Å². The third kappa shape index (κ3) is 3.96. The minimum absolute atomic E-state index is 0.228. The molecule has 0 saturated carbocycles. The number of nitrogens with one attached hydrogen (secondary N) is 1. The van der Waals surface area contributed by atoms with Gasteiger partial charge in [-0.05, 0) is 55.2 Å². The fraction of sp³-hybridized carbons (Fsp3) is 0.174. The van der Waals surface area contributed by atoms with Gasteiger partial charge in [-0.3, -0.25) is 4.79 Å². The monoisotopic (exact) mass is 387 g/mol. The summed E-state index contributed by atoms with van der Waals surface area (Å²) in [4.78, 5) is 24.1. The molecule has 146 valence electrons. The van der Waals surface area contributed by atoms with Gasteiger partial charge in [0.15, 0.2) is 0 Å². The number of nitrogens with zero attached hydrogens (tertiary/aromatic N) is 2. The predicted octanol–water partition coefficient (Wildman–Crippen LogP) is 3.80. The van der Waals surface area contributed by atoms with Crippen molar-refractivity contribution >= 4 is 23.8 Å². The van der Waals surface area contributed by atoms with E-state index in [2.05, 4.69) is 10.1 Å². The average Bonchev–Trinajstić information content (AvgIpc) is 3.35. The Kier molecular flexibility index (Phi) is 5.24. The van der Waals surface area contributed by atoms with E-state index >= 15 is 0 Å². The molecular formula is C23H21N3O3. The molecule has 6 nitrogen and oxygen atoms in total. The lowest BCUT2D eigenvalue weighted by atomic mass is 10.1. The van der Waals surface area contributed by atoms with Gasteiger partial charge in [-0.1, -0.05) is 30.3 Å². The molecule has 0 fully saturated rings. The third-order valence-corrected chi connectivity index (χ3v) is 4.91. The number of aryl methyl sites for hydroxylation is 1. The highest BCUT2D eigenvalue weighted by atomic mass is 16.5. The number of aromatic nitrogens is 2. The summed E-state index contributed by atoms with van der Waals surface area (Å²) in [6, 6.07) is 16.7. The first-order valence-electron chi connectivity index (χ1n) is 9.49. The molecule has 0 bridgehead atoms. The third-order valence-electron chi connectivity index (χ3n) is 4.91. The molecule has 29 heavy (non-hydrogen) atoms. The van der Waals surface area contributed by atoms with Crippen LogP contribution in [0.15, 0.2) is 60.7 Å². The number of anilines is 1. The Morgan fingerprint density at radius 2 is 1.83 bits per heavy atom. The van der Waals surface area contributed by atoms with Crippen molar-refractivity contribution in [3.63, 3.8) is 0 Å². The number of rotatable bonds is 5. The molecule has 0 unspecified atom stereocenters. The van der Waals surface area contributed by atoms with Crippen LogP contribution in [0.2, 0.25) is 0 Å². The van der Waals surface area contributed by atoms with Crippen LogP contribution in [0.4, 0.5) is 5.82 Å². The second-order valence-corrected chi connectivity index (χ2v) is 6.81. The second kappa shape index (κ2) is 8.14. The van der Waals surface area contributed by atoms with Gasteiger partial charge in [0.2, 0.25) is 5.91 Å². The number of carbonyl (C=O) groups excluding carboxylic acids is 2. The second-order valence-electron chi connectivity index (χ2n) is 6.81. The lowest BCUT2D eigenvalue weighted by molar-refractivity contribution is -0.111. The molecule has 0 aliphatic heterocycles. The van der Waals surface area contributed by atoms with Crippen LogP contribution in [0.25, 0.3) is 11.8 Å². The molecule has 2 aromatic carbocycles. The molecule has 1 heterocycles. The topological polar surface area (TPSA) is 73.2 Å². The standard InChI is InChI=1S/C23H21N3O3/c1-29-23(28)17-13-10-16(11-14-17)12-15-21(27)24-22-19-8-5-9-20(19)25-26(22)18-6-3-2-4-7-18/h2-4,6-7,10-15H,5,8-9H2,1H3,(H,24,27)/b15-12+. The van der Waals surface area contributed by atoms with Gasteiger partial charge in [-0.15, -0.1) is 0 Å². The molecule has 0 atom stereocenters. The highest BCUT2D eigenvalue weighted by molar-refractivity contribution is 6.02. The number of hydrogen-bond donors (Lipinski definition) is 1. The zero-order chi connectivity index (χ0) is 20.2. The van der Waals surface area contributed by atoms with Gasteiger partial charge in [0.05, 0.1) is 24.1 Å². The molecule has 1 N–H and O–H groups in total. The maximum atomic E-state index is 12.6. The molecule has 1 amide bonds. The number of fused-ring (bicyclic) bond motifs is 1. The molecular weight excluding hydrogens is 366 g/mol. The van der Waals surface area contributed by atoms with Gasteiger partial charge in [0.25, 0.3) is 0 Å². The van der Waals surface area contributed by atoms with Crippen molar-refractivity contribution in [1.82, 2.24) is 9.78 Å². The van der Waals surface area contributed by atoms with E-state index in [0.717, 1.165) is 47.6 Å². The zero-order valence-electron chi connectivity index (χ0n) is 16.1. The summed E-state index contributed by atoms with van der Waals surface area (Å²) >= 11 is 0. The first-order chi connectivity index (χ1) is 14.2. The van der Waals surface area contributed by atoms with E-state index in [1.54, 1.807) is 35.0 Å². The minimum atomic E-state index is -0.388. The van der Waals surface area contributed by atoms with E-state index in [0.29, 0.717) is 5.56 Å². The van der Waals surface area contributed by atoms with Gasteiger partial charge in [0.1, 0.15) is 5.82 Å². The number of methoxy groups -OCH3 is 1. The number of ether oxygens (including phenoxy) is 1. The SMILES string of the molecule is COC(=O)c1ccc(/C=C/C(=O)Nc2c3c(nn2-c2ccccc2)CCC3)cc1. The van der Waals surface area contributed by atoms with Gasteiger partial charge < -0.3 is 10.1 Å². The largest absolute Gasteiger partial charge is 0.465 e.